The Morgan fingerprint density at radius 3 is 2.37 bits per heavy atom. The number of urea groups is 1. The standard InChI is InChI=1S/C20H22FN3O3/c1-3-12-22-20(26)24-16-8-6-15(7-9-16)23-19(25)11-5-14-4-10-18(27-2)17(21)13-14/h3-4,6-10,13H,1,5,11-12H2,2H3,(H,23,25)(H2,22,24,26). The highest BCUT2D eigenvalue weighted by atomic mass is 19.1. The van der Waals surface area contributed by atoms with Gasteiger partial charge >= 0.3 is 6.03 Å². The molecule has 0 aliphatic heterocycles. The number of hydrogen-bond donors (Lipinski definition) is 3. The topological polar surface area (TPSA) is 79.5 Å². The van der Waals surface area contributed by atoms with E-state index in [1.807, 2.05) is 0 Å². The van der Waals surface area contributed by atoms with Crippen molar-refractivity contribution in [2.45, 2.75) is 12.8 Å². The lowest BCUT2D eigenvalue weighted by Crippen LogP contribution is -2.28. The van der Waals surface area contributed by atoms with Gasteiger partial charge in [-0.25, -0.2) is 9.18 Å². The maximum atomic E-state index is 13.7. The number of methoxy groups -OCH3 is 1. The van der Waals surface area contributed by atoms with Crippen molar-refractivity contribution in [3.05, 3.63) is 66.5 Å². The van der Waals surface area contributed by atoms with Crippen LogP contribution in [-0.4, -0.2) is 25.6 Å². The third-order valence-electron chi connectivity index (χ3n) is 3.69. The summed E-state index contributed by atoms with van der Waals surface area (Å²) >= 11 is 0. The Morgan fingerprint density at radius 2 is 1.78 bits per heavy atom. The first kappa shape index (κ1) is 20.0. The van der Waals surface area contributed by atoms with E-state index in [9.17, 15) is 14.0 Å². The molecule has 3 amide bonds. The van der Waals surface area contributed by atoms with Crippen molar-refractivity contribution in [1.29, 1.82) is 0 Å². The third-order valence-corrected chi connectivity index (χ3v) is 3.69. The molecule has 0 fully saturated rings. The van der Waals surface area contributed by atoms with Crippen LogP contribution in [0.4, 0.5) is 20.6 Å². The summed E-state index contributed by atoms with van der Waals surface area (Å²) in [6, 6.07) is 11.0. The molecule has 0 saturated heterocycles. The van der Waals surface area contributed by atoms with Crippen LogP contribution in [0.3, 0.4) is 0 Å². The Morgan fingerprint density at radius 1 is 1.11 bits per heavy atom. The second kappa shape index (κ2) is 9.96. The van der Waals surface area contributed by atoms with Gasteiger partial charge in [-0.1, -0.05) is 12.1 Å². The minimum absolute atomic E-state index is 0.176. The van der Waals surface area contributed by atoms with E-state index in [1.54, 1.807) is 42.5 Å². The number of amides is 3. The molecule has 6 nitrogen and oxygen atoms in total. The van der Waals surface area contributed by atoms with E-state index in [0.29, 0.717) is 29.9 Å². The second-order valence-electron chi connectivity index (χ2n) is 5.72. The largest absolute Gasteiger partial charge is 0.494 e. The Bertz CT molecular complexity index is 807. The molecule has 2 aromatic carbocycles. The van der Waals surface area contributed by atoms with Crippen molar-refractivity contribution in [3.8, 4) is 5.75 Å². The number of hydrogen-bond acceptors (Lipinski definition) is 3. The van der Waals surface area contributed by atoms with Crippen molar-refractivity contribution in [3.63, 3.8) is 0 Å². The summed E-state index contributed by atoms with van der Waals surface area (Å²) in [5.74, 6) is -0.457. The fourth-order valence-corrected chi connectivity index (χ4v) is 2.32. The molecule has 0 aliphatic carbocycles. The zero-order valence-electron chi connectivity index (χ0n) is 15.0. The van der Waals surface area contributed by atoms with Gasteiger partial charge in [0.2, 0.25) is 5.91 Å². The number of benzene rings is 2. The van der Waals surface area contributed by atoms with E-state index < -0.39 is 5.82 Å². The molecular formula is C20H22FN3O3. The number of aryl methyl sites for hydroxylation is 1. The summed E-state index contributed by atoms with van der Waals surface area (Å²) in [6.45, 7) is 3.89. The van der Waals surface area contributed by atoms with Crippen LogP contribution in [0.5, 0.6) is 5.75 Å². The quantitative estimate of drug-likeness (QED) is 0.619. The number of anilines is 2. The number of ether oxygens (including phenoxy) is 1. The Labute approximate surface area is 157 Å². The molecule has 3 N–H and O–H groups in total. The predicted octanol–water partition coefficient (Wildman–Crippen LogP) is 3.71. The van der Waals surface area contributed by atoms with Gasteiger partial charge in [0.15, 0.2) is 11.6 Å². The van der Waals surface area contributed by atoms with Crippen LogP contribution in [0, 0.1) is 5.82 Å². The van der Waals surface area contributed by atoms with Gasteiger partial charge in [0.1, 0.15) is 0 Å². The van der Waals surface area contributed by atoms with E-state index >= 15 is 0 Å². The highest BCUT2D eigenvalue weighted by molar-refractivity contribution is 5.92. The number of nitrogens with one attached hydrogen (secondary N) is 3. The number of carbonyl (C=O) groups is 2. The molecule has 0 atom stereocenters. The smallest absolute Gasteiger partial charge is 0.319 e. The van der Waals surface area contributed by atoms with Crippen molar-refractivity contribution in [1.82, 2.24) is 5.32 Å². The first-order chi connectivity index (χ1) is 13.0. The van der Waals surface area contributed by atoms with E-state index in [0.717, 1.165) is 0 Å². The van der Waals surface area contributed by atoms with Gasteiger partial charge in [-0.3, -0.25) is 4.79 Å². The SMILES string of the molecule is C=CCNC(=O)Nc1ccc(NC(=O)CCc2ccc(OC)c(F)c2)cc1. The van der Waals surface area contributed by atoms with Crippen LogP contribution in [0.15, 0.2) is 55.1 Å². The molecule has 0 spiro atoms. The van der Waals surface area contributed by atoms with Crippen LogP contribution in [-0.2, 0) is 11.2 Å². The van der Waals surface area contributed by atoms with Crippen LogP contribution >= 0.6 is 0 Å². The average Bonchev–Trinajstić information content (AvgIpc) is 2.66. The summed E-state index contributed by atoms with van der Waals surface area (Å²) < 4.78 is 18.5. The van der Waals surface area contributed by atoms with Crippen LogP contribution in [0.1, 0.15) is 12.0 Å². The van der Waals surface area contributed by atoms with Crippen molar-refractivity contribution in [2.75, 3.05) is 24.3 Å². The summed E-state index contributed by atoms with van der Waals surface area (Å²) in [5.41, 5.74) is 1.93. The lowest BCUT2D eigenvalue weighted by Gasteiger charge is -2.09. The second-order valence-corrected chi connectivity index (χ2v) is 5.72. The average molecular weight is 371 g/mol. The number of carbonyl (C=O) groups excluding carboxylic acids is 2. The Kier molecular flexibility index (Phi) is 7.37. The number of rotatable bonds is 8. The zero-order valence-corrected chi connectivity index (χ0v) is 15.0. The van der Waals surface area contributed by atoms with Gasteiger partial charge in [-0.2, -0.15) is 0 Å². The molecule has 2 aromatic rings. The molecular weight excluding hydrogens is 349 g/mol. The first-order valence-corrected chi connectivity index (χ1v) is 8.40. The molecule has 0 bridgehead atoms. The van der Waals surface area contributed by atoms with E-state index in [1.165, 1.54) is 13.2 Å². The van der Waals surface area contributed by atoms with Crippen LogP contribution in [0.2, 0.25) is 0 Å². The van der Waals surface area contributed by atoms with Gasteiger partial charge in [0.05, 0.1) is 7.11 Å². The molecule has 0 aromatic heterocycles. The summed E-state index contributed by atoms with van der Waals surface area (Å²) in [5, 5.41) is 8.03. The highest BCUT2D eigenvalue weighted by Crippen LogP contribution is 2.19. The van der Waals surface area contributed by atoms with E-state index in [4.69, 9.17) is 4.74 Å². The number of halogens is 1. The maximum absolute atomic E-state index is 13.7. The van der Waals surface area contributed by atoms with Crippen molar-refractivity contribution >= 4 is 23.3 Å². The maximum Gasteiger partial charge on any atom is 0.319 e. The molecule has 0 radical (unpaired) electrons. The Balaban J connectivity index is 1.82. The van der Waals surface area contributed by atoms with Crippen molar-refractivity contribution < 1.29 is 18.7 Å². The molecule has 2 rings (SSSR count). The fourth-order valence-electron chi connectivity index (χ4n) is 2.32. The summed E-state index contributed by atoms with van der Waals surface area (Å²) in [6.07, 6.45) is 2.21. The third kappa shape index (κ3) is 6.47. The minimum atomic E-state index is -0.448. The lowest BCUT2D eigenvalue weighted by molar-refractivity contribution is -0.116. The van der Waals surface area contributed by atoms with Gasteiger partial charge < -0.3 is 20.7 Å². The molecule has 27 heavy (non-hydrogen) atoms. The van der Waals surface area contributed by atoms with Gasteiger partial charge in [-0.15, -0.1) is 6.58 Å². The summed E-state index contributed by atoms with van der Waals surface area (Å²) in [4.78, 5) is 23.6. The minimum Gasteiger partial charge on any atom is -0.494 e. The fraction of sp³-hybridized carbons (Fsp3) is 0.200. The van der Waals surface area contributed by atoms with Gasteiger partial charge in [0, 0.05) is 24.3 Å². The predicted molar refractivity (Wildman–Crippen MR) is 104 cm³/mol. The van der Waals surface area contributed by atoms with Crippen LogP contribution in [0.25, 0.3) is 0 Å². The van der Waals surface area contributed by atoms with Crippen molar-refractivity contribution in [2.24, 2.45) is 0 Å². The van der Waals surface area contributed by atoms with Gasteiger partial charge in [0.25, 0.3) is 0 Å². The van der Waals surface area contributed by atoms with Gasteiger partial charge in [-0.05, 0) is 48.4 Å². The molecule has 0 heterocycles. The molecule has 7 heteroatoms. The van der Waals surface area contributed by atoms with E-state index in [-0.39, 0.29) is 24.1 Å². The molecule has 0 aliphatic rings. The molecule has 0 unspecified atom stereocenters. The van der Waals surface area contributed by atoms with Crippen LogP contribution < -0.4 is 20.7 Å². The summed E-state index contributed by atoms with van der Waals surface area (Å²) in [7, 11) is 1.40. The highest BCUT2D eigenvalue weighted by Gasteiger charge is 2.07. The monoisotopic (exact) mass is 371 g/mol. The molecule has 142 valence electrons. The first-order valence-electron chi connectivity index (χ1n) is 8.40. The van der Waals surface area contributed by atoms with E-state index in [2.05, 4.69) is 22.5 Å². The normalized spacial score (nSPS) is 10.0. The lowest BCUT2D eigenvalue weighted by atomic mass is 10.1. The molecule has 0 saturated carbocycles. The zero-order chi connectivity index (χ0) is 19.6. The Hall–Kier alpha value is -3.35.